The molecule has 0 aromatic carbocycles. The Labute approximate surface area is 66.5 Å². The third-order valence-corrected chi connectivity index (χ3v) is 2.40. The van der Waals surface area contributed by atoms with E-state index in [4.69, 9.17) is 16.3 Å². The van der Waals surface area contributed by atoms with Gasteiger partial charge in [0.05, 0.1) is 5.38 Å². The van der Waals surface area contributed by atoms with Crippen LogP contribution in [0.15, 0.2) is 0 Å². The van der Waals surface area contributed by atoms with Crippen molar-refractivity contribution in [2.75, 3.05) is 7.11 Å². The molecule has 0 saturated heterocycles. The van der Waals surface area contributed by atoms with Crippen LogP contribution in [-0.4, -0.2) is 24.4 Å². The van der Waals surface area contributed by atoms with E-state index in [1.807, 2.05) is 6.92 Å². The number of hydrogen-bond acceptors (Lipinski definition) is 2. The van der Waals surface area contributed by atoms with E-state index in [-0.39, 0.29) is 5.38 Å². The van der Waals surface area contributed by atoms with E-state index >= 15 is 0 Å². The highest BCUT2D eigenvalue weighted by molar-refractivity contribution is 6.22. The molecule has 3 heteroatoms. The van der Waals surface area contributed by atoms with Crippen molar-refractivity contribution in [3.05, 3.63) is 0 Å². The summed E-state index contributed by atoms with van der Waals surface area (Å²) in [5.74, 6) is 0. The monoisotopic (exact) mass is 164 g/mol. The van der Waals surface area contributed by atoms with E-state index in [1.54, 1.807) is 6.92 Å². The number of aldehydes is 1. The average molecular weight is 165 g/mol. The van der Waals surface area contributed by atoms with Gasteiger partial charge < -0.3 is 9.53 Å². The first-order valence-corrected chi connectivity index (χ1v) is 3.70. The van der Waals surface area contributed by atoms with Crippen LogP contribution in [0.5, 0.6) is 0 Å². The van der Waals surface area contributed by atoms with Crippen molar-refractivity contribution < 1.29 is 9.53 Å². The molecule has 0 aliphatic carbocycles. The Kier molecular flexibility index (Phi) is 3.91. The van der Waals surface area contributed by atoms with Gasteiger partial charge in [0.15, 0.2) is 6.29 Å². The Morgan fingerprint density at radius 3 is 2.40 bits per heavy atom. The van der Waals surface area contributed by atoms with Crippen LogP contribution in [0.4, 0.5) is 0 Å². The first-order chi connectivity index (χ1) is 4.60. The molecule has 0 amide bonds. The summed E-state index contributed by atoms with van der Waals surface area (Å²) in [6, 6.07) is 0. The predicted octanol–water partition coefficient (Wildman–Crippen LogP) is 1.61. The van der Waals surface area contributed by atoms with Crippen LogP contribution in [-0.2, 0) is 9.53 Å². The molecule has 0 radical (unpaired) electrons. The van der Waals surface area contributed by atoms with Gasteiger partial charge in [-0.25, -0.2) is 0 Å². The molecule has 0 saturated carbocycles. The molecule has 0 aliphatic rings. The van der Waals surface area contributed by atoms with Crippen LogP contribution in [0.3, 0.4) is 0 Å². The van der Waals surface area contributed by atoms with E-state index in [1.165, 1.54) is 7.11 Å². The standard InChI is InChI=1S/C7H13ClO2/c1-4-6(8)7(2,5-9)10-3/h5-6H,4H2,1-3H3. The number of alkyl halides is 1. The van der Waals surface area contributed by atoms with Gasteiger partial charge in [0.2, 0.25) is 0 Å². The molecular formula is C7H13ClO2. The van der Waals surface area contributed by atoms with Crippen LogP contribution in [0, 0.1) is 0 Å². The zero-order chi connectivity index (χ0) is 8.20. The average Bonchev–Trinajstić information content (AvgIpc) is 2.01. The second kappa shape index (κ2) is 3.94. The van der Waals surface area contributed by atoms with Crippen LogP contribution in [0.1, 0.15) is 20.3 Å². The second-order valence-electron chi connectivity index (χ2n) is 2.38. The van der Waals surface area contributed by atoms with Crippen molar-refractivity contribution in [1.82, 2.24) is 0 Å². The number of ether oxygens (including phenoxy) is 1. The summed E-state index contributed by atoms with van der Waals surface area (Å²) in [5.41, 5.74) is -0.823. The number of carbonyl (C=O) groups excluding carboxylic acids is 1. The van der Waals surface area contributed by atoms with Crippen molar-refractivity contribution in [3.8, 4) is 0 Å². The summed E-state index contributed by atoms with van der Waals surface area (Å²) in [7, 11) is 1.49. The first kappa shape index (κ1) is 9.92. The molecule has 60 valence electrons. The maximum Gasteiger partial charge on any atom is 0.153 e. The highest BCUT2D eigenvalue weighted by Crippen LogP contribution is 2.20. The van der Waals surface area contributed by atoms with Gasteiger partial charge in [0.25, 0.3) is 0 Å². The van der Waals surface area contributed by atoms with E-state index in [0.29, 0.717) is 0 Å². The van der Waals surface area contributed by atoms with Gasteiger partial charge in [0, 0.05) is 7.11 Å². The fourth-order valence-electron chi connectivity index (χ4n) is 0.655. The van der Waals surface area contributed by atoms with Crippen molar-refractivity contribution in [3.63, 3.8) is 0 Å². The van der Waals surface area contributed by atoms with Crippen LogP contribution >= 0.6 is 11.6 Å². The molecule has 0 spiro atoms. The lowest BCUT2D eigenvalue weighted by atomic mass is 10.0. The fourth-order valence-corrected chi connectivity index (χ4v) is 0.796. The minimum Gasteiger partial charge on any atom is -0.369 e. The molecule has 0 fully saturated rings. The molecule has 0 aliphatic heterocycles. The first-order valence-electron chi connectivity index (χ1n) is 3.26. The van der Waals surface area contributed by atoms with E-state index in [2.05, 4.69) is 0 Å². The summed E-state index contributed by atoms with van der Waals surface area (Å²) in [4.78, 5) is 10.4. The smallest absolute Gasteiger partial charge is 0.153 e. The number of carbonyl (C=O) groups is 1. The summed E-state index contributed by atoms with van der Waals surface area (Å²) < 4.78 is 4.94. The fraction of sp³-hybridized carbons (Fsp3) is 0.857. The molecule has 0 bridgehead atoms. The number of rotatable bonds is 4. The maximum atomic E-state index is 10.4. The van der Waals surface area contributed by atoms with Gasteiger partial charge in [-0.2, -0.15) is 0 Å². The van der Waals surface area contributed by atoms with Crippen molar-refractivity contribution >= 4 is 17.9 Å². The van der Waals surface area contributed by atoms with Crippen LogP contribution in [0.2, 0.25) is 0 Å². The molecular weight excluding hydrogens is 152 g/mol. The summed E-state index contributed by atoms with van der Waals surface area (Å²) in [6.07, 6.45) is 1.47. The lowest BCUT2D eigenvalue weighted by molar-refractivity contribution is -0.125. The van der Waals surface area contributed by atoms with Crippen LogP contribution < -0.4 is 0 Å². The normalized spacial score (nSPS) is 19.6. The van der Waals surface area contributed by atoms with Gasteiger partial charge >= 0.3 is 0 Å². The minimum atomic E-state index is -0.823. The maximum absolute atomic E-state index is 10.4. The molecule has 0 heterocycles. The van der Waals surface area contributed by atoms with Gasteiger partial charge in [-0.1, -0.05) is 6.92 Å². The SMILES string of the molecule is CCC(Cl)C(C)(C=O)OC. The Balaban J connectivity index is 4.16. The van der Waals surface area contributed by atoms with Crippen molar-refractivity contribution in [2.24, 2.45) is 0 Å². The molecule has 0 aromatic rings. The van der Waals surface area contributed by atoms with Gasteiger partial charge in [-0.15, -0.1) is 11.6 Å². The number of methoxy groups -OCH3 is 1. The van der Waals surface area contributed by atoms with Crippen LogP contribution in [0.25, 0.3) is 0 Å². The third-order valence-electron chi connectivity index (χ3n) is 1.65. The zero-order valence-electron chi connectivity index (χ0n) is 6.56. The molecule has 2 atom stereocenters. The van der Waals surface area contributed by atoms with Gasteiger partial charge in [-0.3, -0.25) is 0 Å². The molecule has 0 N–H and O–H groups in total. The van der Waals surface area contributed by atoms with E-state index < -0.39 is 5.60 Å². The minimum absolute atomic E-state index is 0.241. The second-order valence-corrected chi connectivity index (χ2v) is 2.91. The lowest BCUT2D eigenvalue weighted by Crippen LogP contribution is -2.39. The predicted molar refractivity (Wildman–Crippen MR) is 41.4 cm³/mol. The Morgan fingerprint density at radius 2 is 2.30 bits per heavy atom. The Bertz CT molecular complexity index is 116. The van der Waals surface area contributed by atoms with Gasteiger partial charge in [-0.05, 0) is 13.3 Å². The Morgan fingerprint density at radius 1 is 1.80 bits per heavy atom. The molecule has 2 unspecified atom stereocenters. The highest BCUT2D eigenvalue weighted by Gasteiger charge is 2.30. The number of halogens is 1. The topological polar surface area (TPSA) is 26.3 Å². The molecule has 2 nitrogen and oxygen atoms in total. The van der Waals surface area contributed by atoms with Gasteiger partial charge in [0.1, 0.15) is 5.60 Å². The Hall–Kier alpha value is -0.0800. The molecule has 10 heavy (non-hydrogen) atoms. The summed E-state index contributed by atoms with van der Waals surface area (Å²) in [6.45, 7) is 3.60. The third kappa shape index (κ3) is 1.96. The van der Waals surface area contributed by atoms with Crippen molar-refractivity contribution in [1.29, 1.82) is 0 Å². The largest absolute Gasteiger partial charge is 0.369 e. The van der Waals surface area contributed by atoms with E-state index in [0.717, 1.165) is 12.7 Å². The molecule has 0 rings (SSSR count). The highest BCUT2D eigenvalue weighted by atomic mass is 35.5. The summed E-state index contributed by atoms with van der Waals surface area (Å²) >= 11 is 5.82. The van der Waals surface area contributed by atoms with Crippen molar-refractivity contribution in [2.45, 2.75) is 31.2 Å². The number of hydrogen-bond donors (Lipinski definition) is 0. The summed E-state index contributed by atoms with van der Waals surface area (Å²) in [5, 5.41) is -0.241. The lowest BCUT2D eigenvalue weighted by Gasteiger charge is -2.25. The zero-order valence-corrected chi connectivity index (χ0v) is 7.31. The van der Waals surface area contributed by atoms with E-state index in [9.17, 15) is 4.79 Å². The quantitative estimate of drug-likeness (QED) is 0.466. The molecule has 0 aromatic heterocycles.